The van der Waals surface area contributed by atoms with Crippen molar-refractivity contribution >= 4 is 0 Å². The minimum atomic E-state index is 0.722. The average Bonchev–Trinajstić information content (AvgIpc) is 2.65. The molecule has 0 saturated carbocycles. The van der Waals surface area contributed by atoms with E-state index in [-0.39, 0.29) is 0 Å². The second-order valence-electron chi connectivity index (χ2n) is 5.44. The van der Waals surface area contributed by atoms with Gasteiger partial charge >= 0.3 is 0 Å². The second kappa shape index (κ2) is 7.54. The van der Waals surface area contributed by atoms with Crippen LogP contribution in [0.2, 0.25) is 0 Å². The molecule has 1 heterocycles. The fraction of sp³-hybridized carbons (Fsp3) is 0.786. The molecule has 104 valence electrons. The van der Waals surface area contributed by atoms with Crippen LogP contribution < -0.4 is 5.32 Å². The zero-order valence-electron chi connectivity index (χ0n) is 12.5. The van der Waals surface area contributed by atoms with Gasteiger partial charge < -0.3 is 5.32 Å². The van der Waals surface area contributed by atoms with Gasteiger partial charge in [-0.2, -0.15) is 5.10 Å². The molecule has 0 aliphatic carbocycles. The number of rotatable bonds is 8. The molecule has 0 bridgehead atoms. The van der Waals surface area contributed by atoms with Gasteiger partial charge in [-0.25, -0.2) is 0 Å². The number of nitrogens with one attached hydrogen (secondary N) is 1. The normalized spacial score (nSPS) is 11.7. The van der Waals surface area contributed by atoms with Gasteiger partial charge in [0.25, 0.3) is 0 Å². The van der Waals surface area contributed by atoms with Crippen molar-refractivity contribution in [3.05, 3.63) is 17.5 Å². The Morgan fingerprint density at radius 3 is 2.72 bits per heavy atom. The molecule has 0 amide bonds. The Bertz CT molecular complexity index is 344. The van der Waals surface area contributed by atoms with Gasteiger partial charge in [-0.15, -0.1) is 0 Å². The zero-order chi connectivity index (χ0) is 13.5. The predicted octanol–water partition coefficient (Wildman–Crippen LogP) is 1.66. The van der Waals surface area contributed by atoms with Crippen molar-refractivity contribution in [1.82, 2.24) is 20.0 Å². The summed E-state index contributed by atoms with van der Waals surface area (Å²) in [7, 11) is 4.19. The van der Waals surface area contributed by atoms with E-state index in [1.807, 2.05) is 11.7 Å². The smallest absolute Gasteiger partial charge is 0.0625 e. The molecule has 1 aromatic rings. The molecule has 4 nitrogen and oxygen atoms in total. The molecule has 0 saturated heterocycles. The van der Waals surface area contributed by atoms with Gasteiger partial charge in [0.2, 0.25) is 0 Å². The van der Waals surface area contributed by atoms with Crippen LogP contribution in [0.5, 0.6) is 0 Å². The van der Waals surface area contributed by atoms with E-state index in [1.165, 1.54) is 11.4 Å². The van der Waals surface area contributed by atoms with Gasteiger partial charge in [0.1, 0.15) is 0 Å². The van der Waals surface area contributed by atoms with E-state index in [0.717, 1.165) is 38.5 Å². The maximum absolute atomic E-state index is 4.48. The van der Waals surface area contributed by atoms with E-state index in [9.17, 15) is 0 Å². The number of likely N-dealkylation sites (N-methyl/N-ethyl adjacent to an activating group) is 1. The fourth-order valence-electron chi connectivity index (χ4n) is 1.91. The third-order valence-electron chi connectivity index (χ3n) is 3.04. The molecule has 0 fully saturated rings. The summed E-state index contributed by atoms with van der Waals surface area (Å²) >= 11 is 0. The van der Waals surface area contributed by atoms with Gasteiger partial charge in [-0.1, -0.05) is 20.8 Å². The summed E-state index contributed by atoms with van der Waals surface area (Å²) in [5, 5.41) is 7.94. The summed E-state index contributed by atoms with van der Waals surface area (Å²) in [6.07, 6.45) is 1.01. The van der Waals surface area contributed by atoms with Crippen molar-refractivity contribution in [2.75, 3.05) is 26.7 Å². The molecule has 0 aliphatic heterocycles. The molecular weight excluding hydrogens is 224 g/mol. The molecule has 0 spiro atoms. The third-order valence-corrected chi connectivity index (χ3v) is 3.04. The highest BCUT2D eigenvalue weighted by Gasteiger charge is 2.06. The predicted molar refractivity (Wildman–Crippen MR) is 76.6 cm³/mol. The third kappa shape index (κ3) is 5.19. The van der Waals surface area contributed by atoms with Crippen LogP contribution >= 0.6 is 0 Å². The monoisotopic (exact) mass is 252 g/mol. The van der Waals surface area contributed by atoms with Gasteiger partial charge in [0, 0.05) is 26.7 Å². The Morgan fingerprint density at radius 2 is 2.17 bits per heavy atom. The van der Waals surface area contributed by atoms with Crippen molar-refractivity contribution < 1.29 is 0 Å². The lowest BCUT2D eigenvalue weighted by atomic mass is 10.2. The quantitative estimate of drug-likeness (QED) is 0.714. The second-order valence-corrected chi connectivity index (χ2v) is 5.44. The van der Waals surface area contributed by atoms with E-state index in [1.54, 1.807) is 0 Å². The Morgan fingerprint density at radius 1 is 1.44 bits per heavy atom. The molecule has 0 aliphatic rings. The lowest BCUT2D eigenvalue weighted by molar-refractivity contribution is 0.313. The van der Waals surface area contributed by atoms with E-state index in [0.29, 0.717) is 0 Å². The number of aromatic nitrogens is 2. The first-order valence-corrected chi connectivity index (χ1v) is 6.94. The van der Waals surface area contributed by atoms with Gasteiger partial charge in [-0.05, 0) is 32.0 Å². The van der Waals surface area contributed by atoms with E-state index in [4.69, 9.17) is 0 Å². The van der Waals surface area contributed by atoms with Crippen molar-refractivity contribution in [3.63, 3.8) is 0 Å². The molecule has 0 radical (unpaired) electrons. The van der Waals surface area contributed by atoms with Crippen LogP contribution in [0.25, 0.3) is 0 Å². The molecule has 1 aromatic heterocycles. The molecule has 4 heteroatoms. The first-order chi connectivity index (χ1) is 8.52. The van der Waals surface area contributed by atoms with Crippen LogP contribution in [0.3, 0.4) is 0 Å². The van der Waals surface area contributed by atoms with Crippen LogP contribution in [0.15, 0.2) is 6.07 Å². The van der Waals surface area contributed by atoms with E-state index >= 15 is 0 Å². The minimum absolute atomic E-state index is 0.722. The Balaban J connectivity index is 2.30. The zero-order valence-corrected chi connectivity index (χ0v) is 12.5. The van der Waals surface area contributed by atoms with Crippen molar-refractivity contribution in [2.24, 2.45) is 13.0 Å². The number of hydrogen-bond acceptors (Lipinski definition) is 3. The molecular formula is C14H28N4. The number of hydrogen-bond donors (Lipinski definition) is 1. The van der Waals surface area contributed by atoms with Crippen LogP contribution in [0, 0.1) is 5.92 Å². The van der Waals surface area contributed by atoms with Crippen LogP contribution in [-0.4, -0.2) is 41.4 Å². The largest absolute Gasteiger partial charge is 0.315 e. The molecule has 0 atom stereocenters. The van der Waals surface area contributed by atoms with Crippen LogP contribution in [0.4, 0.5) is 0 Å². The van der Waals surface area contributed by atoms with Gasteiger partial charge in [0.15, 0.2) is 0 Å². The maximum Gasteiger partial charge on any atom is 0.0625 e. The molecule has 18 heavy (non-hydrogen) atoms. The highest BCUT2D eigenvalue weighted by atomic mass is 15.3. The maximum atomic E-state index is 4.48. The Hall–Kier alpha value is -0.870. The molecule has 0 aromatic carbocycles. The van der Waals surface area contributed by atoms with Gasteiger partial charge in [0.05, 0.1) is 11.4 Å². The summed E-state index contributed by atoms with van der Waals surface area (Å²) < 4.78 is 2.00. The number of aryl methyl sites for hydroxylation is 2. The van der Waals surface area contributed by atoms with Gasteiger partial charge in [-0.3, -0.25) is 9.58 Å². The summed E-state index contributed by atoms with van der Waals surface area (Å²) in [5.41, 5.74) is 2.47. The summed E-state index contributed by atoms with van der Waals surface area (Å²) in [6.45, 7) is 10.8. The minimum Gasteiger partial charge on any atom is -0.315 e. The summed E-state index contributed by atoms with van der Waals surface area (Å²) in [6, 6.07) is 2.21. The molecule has 0 unspecified atom stereocenters. The SMILES string of the molecule is CCc1cc(CN(C)CCNCC(C)C)n(C)n1. The van der Waals surface area contributed by atoms with E-state index < -0.39 is 0 Å². The summed E-state index contributed by atoms with van der Waals surface area (Å²) in [5.74, 6) is 0.722. The fourth-order valence-corrected chi connectivity index (χ4v) is 1.91. The molecule has 1 rings (SSSR count). The van der Waals surface area contributed by atoms with Crippen molar-refractivity contribution in [1.29, 1.82) is 0 Å². The van der Waals surface area contributed by atoms with Crippen molar-refractivity contribution in [2.45, 2.75) is 33.7 Å². The summed E-state index contributed by atoms with van der Waals surface area (Å²) in [4.78, 5) is 2.34. The molecule has 1 N–H and O–H groups in total. The average molecular weight is 252 g/mol. The highest BCUT2D eigenvalue weighted by Crippen LogP contribution is 2.06. The topological polar surface area (TPSA) is 33.1 Å². The van der Waals surface area contributed by atoms with Crippen LogP contribution in [-0.2, 0) is 20.0 Å². The lowest BCUT2D eigenvalue weighted by Gasteiger charge is -2.17. The van der Waals surface area contributed by atoms with Crippen molar-refractivity contribution in [3.8, 4) is 0 Å². The standard InChI is InChI=1S/C14H28N4/c1-6-13-9-14(18(5)16-13)11-17(4)8-7-15-10-12(2)3/h9,12,15H,6-8,10-11H2,1-5H3. The number of nitrogens with zero attached hydrogens (tertiary/aromatic N) is 3. The highest BCUT2D eigenvalue weighted by molar-refractivity contribution is 5.09. The Labute approximate surface area is 111 Å². The lowest BCUT2D eigenvalue weighted by Crippen LogP contribution is -2.31. The van der Waals surface area contributed by atoms with E-state index in [2.05, 4.69) is 49.2 Å². The first kappa shape index (κ1) is 15.2. The Kier molecular flexibility index (Phi) is 6.36. The first-order valence-electron chi connectivity index (χ1n) is 6.94. The van der Waals surface area contributed by atoms with Crippen LogP contribution in [0.1, 0.15) is 32.2 Å².